The van der Waals surface area contributed by atoms with Crippen molar-refractivity contribution >= 4 is 11.6 Å². The molecule has 1 N–H and O–H groups in total. The molecule has 1 aliphatic heterocycles. The van der Waals surface area contributed by atoms with Crippen LogP contribution in [-0.4, -0.2) is 43.7 Å². The number of benzene rings is 1. The SMILES string of the molecule is CCNc1cc(C)ccc1C(=O)N(C)CC1CCCO1. The maximum atomic E-state index is 12.6. The molecule has 1 aromatic carbocycles. The Morgan fingerprint density at radius 3 is 2.95 bits per heavy atom. The Morgan fingerprint density at radius 2 is 2.30 bits per heavy atom. The van der Waals surface area contributed by atoms with Crippen LogP contribution >= 0.6 is 0 Å². The lowest BCUT2D eigenvalue weighted by Gasteiger charge is -2.22. The number of rotatable bonds is 5. The highest BCUT2D eigenvalue weighted by molar-refractivity contribution is 5.99. The van der Waals surface area contributed by atoms with E-state index in [4.69, 9.17) is 4.74 Å². The molecule has 0 bridgehead atoms. The van der Waals surface area contributed by atoms with Gasteiger partial charge in [0.1, 0.15) is 0 Å². The Morgan fingerprint density at radius 1 is 1.50 bits per heavy atom. The predicted molar refractivity (Wildman–Crippen MR) is 81.3 cm³/mol. The third-order valence-corrected chi connectivity index (χ3v) is 3.62. The van der Waals surface area contributed by atoms with E-state index in [1.54, 1.807) is 4.90 Å². The Hall–Kier alpha value is -1.55. The monoisotopic (exact) mass is 276 g/mol. The standard InChI is InChI=1S/C16H24N2O2/c1-4-17-15-10-12(2)7-8-14(15)16(19)18(3)11-13-6-5-9-20-13/h7-8,10,13,17H,4-6,9,11H2,1-3H3. The molecular formula is C16H24N2O2. The van der Waals surface area contributed by atoms with Crippen molar-refractivity contribution in [2.45, 2.75) is 32.8 Å². The molecule has 1 fully saturated rings. The highest BCUT2D eigenvalue weighted by Crippen LogP contribution is 2.20. The van der Waals surface area contributed by atoms with Gasteiger partial charge in [-0.3, -0.25) is 4.79 Å². The summed E-state index contributed by atoms with van der Waals surface area (Å²) in [5.41, 5.74) is 2.80. The summed E-state index contributed by atoms with van der Waals surface area (Å²) in [6.07, 6.45) is 2.34. The van der Waals surface area contributed by atoms with Crippen LogP contribution in [0.2, 0.25) is 0 Å². The number of likely N-dealkylation sites (N-methyl/N-ethyl adjacent to an activating group) is 1. The molecule has 1 heterocycles. The molecule has 4 nitrogen and oxygen atoms in total. The van der Waals surface area contributed by atoms with Crippen molar-refractivity contribution in [2.75, 3.05) is 32.1 Å². The van der Waals surface area contributed by atoms with Crippen LogP contribution in [0.25, 0.3) is 0 Å². The molecule has 20 heavy (non-hydrogen) atoms. The fourth-order valence-corrected chi connectivity index (χ4v) is 2.56. The maximum absolute atomic E-state index is 12.6. The van der Waals surface area contributed by atoms with Gasteiger partial charge in [0.15, 0.2) is 0 Å². The first kappa shape index (κ1) is 14.9. The molecule has 1 amide bonds. The number of anilines is 1. The fourth-order valence-electron chi connectivity index (χ4n) is 2.56. The van der Waals surface area contributed by atoms with Crippen LogP contribution in [0.5, 0.6) is 0 Å². The summed E-state index contributed by atoms with van der Waals surface area (Å²) in [7, 11) is 1.85. The number of aryl methyl sites for hydroxylation is 1. The smallest absolute Gasteiger partial charge is 0.255 e. The quantitative estimate of drug-likeness (QED) is 0.899. The van der Waals surface area contributed by atoms with Crippen LogP contribution < -0.4 is 5.32 Å². The minimum atomic E-state index is 0.0523. The summed E-state index contributed by atoms with van der Waals surface area (Å²) in [5.74, 6) is 0.0523. The van der Waals surface area contributed by atoms with Gasteiger partial charge < -0.3 is 15.0 Å². The molecule has 0 saturated carbocycles. The maximum Gasteiger partial charge on any atom is 0.255 e. The third-order valence-electron chi connectivity index (χ3n) is 3.62. The zero-order valence-corrected chi connectivity index (χ0v) is 12.6. The number of hydrogen-bond acceptors (Lipinski definition) is 3. The highest BCUT2D eigenvalue weighted by atomic mass is 16.5. The van der Waals surface area contributed by atoms with Gasteiger partial charge in [0, 0.05) is 32.4 Å². The van der Waals surface area contributed by atoms with Gasteiger partial charge in [0.25, 0.3) is 5.91 Å². The Kier molecular flexibility index (Phi) is 5.01. The lowest BCUT2D eigenvalue weighted by atomic mass is 10.1. The number of nitrogens with zero attached hydrogens (tertiary/aromatic N) is 1. The first-order valence-electron chi connectivity index (χ1n) is 7.33. The third kappa shape index (κ3) is 3.51. The van der Waals surface area contributed by atoms with Crippen LogP contribution in [0.15, 0.2) is 18.2 Å². The number of amides is 1. The summed E-state index contributed by atoms with van der Waals surface area (Å²) in [6, 6.07) is 5.91. The van der Waals surface area contributed by atoms with Gasteiger partial charge in [-0.25, -0.2) is 0 Å². The van der Waals surface area contributed by atoms with Gasteiger partial charge in [0.05, 0.1) is 11.7 Å². The molecule has 1 saturated heterocycles. The zero-order chi connectivity index (χ0) is 14.5. The van der Waals surface area contributed by atoms with Crippen LogP contribution in [0.1, 0.15) is 35.7 Å². The average Bonchev–Trinajstić information content (AvgIpc) is 2.91. The molecule has 110 valence electrons. The summed E-state index contributed by atoms with van der Waals surface area (Å²) in [5, 5.41) is 3.27. The summed E-state index contributed by atoms with van der Waals surface area (Å²) < 4.78 is 5.60. The molecule has 0 aliphatic carbocycles. The van der Waals surface area contributed by atoms with Crippen LogP contribution in [0, 0.1) is 6.92 Å². The second-order valence-electron chi connectivity index (χ2n) is 5.40. The molecule has 4 heteroatoms. The minimum Gasteiger partial charge on any atom is -0.385 e. The summed E-state index contributed by atoms with van der Waals surface area (Å²) in [4.78, 5) is 14.3. The number of ether oxygens (including phenoxy) is 1. The predicted octanol–water partition coefficient (Wildman–Crippen LogP) is 2.68. The normalized spacial score (nSPS) is 18.1. The average molecular weight is 276 g/mol. The van der Waals surface area contributed by atoms with Gasteiger partial charge >= 0.3 is 0 Å². The lowest BCUT2D eigenvalue weighted by molar-refractivity contribution is 0.0588. The topological polar surface area (TPSA) is 41.6 Å². The molecule has 1 aromatic rings. The second-order valence-corrected chi connectivity index (χ2v) is 5.40. The number of carbonyl (C=O) groups is 1. The number of carbonyl (C=O) groups excluding carboxylic acids is 1. The Labute approximate surface area is 121 Å². The van der Waals surface area contributed by atoms with E-state index in [1.165, 1.54) is 0 Å². The minimum absolute atomic E-state index is 0.0523. The molecule has 1 atom stereocenters. The van der Waals surface area contributed by atoms with E-state index in [1.807, 2.05) is 39.1 Å². The van der Waals surface area contributed by atoms with Crippen LogP contribution in [-0.2, 0) is 4.74 Å². The first-order valence-corrected chi connectivity index (χ1v) is 7.33. The van der Waals surface area contributed by atoms with Gasteiger partial charge in [-0.1, -0.05) is 6.07 Å². The van der Waals surface area contributed by atoms with Crippen molar-refractivity contribution in [2.24, 2.45) is 0 Å². The molecule has 0 aromatic heterocycles. The summed E-state index contributed by atoms with van der Waals surface area (Å²) in [6.45, 7) is 6.36. The number of nitrogens with one attached hydrogen (secondary N) is 1. The highest BCUT2D eigenvalue weighted by Gasteiger charge is 2.22. The van der Waals surface area contributed by atoms with Crippen molar-refractivity contribution < 1.29 is 9.53 Å². The molecule has 0 radical (unpaired) electrons. The van der Waals surface area contributed by atoms with Gasteiger partial charge in [-0.05, 0) is 44.4 Å². The summed E-state index contributed by atoms with van der Waals surface area (Å²) >= 11 is 0. The van der Waals surface area contributed by atoms with E-state index < -0.39 is 0 Å². The fraction of sp³-hybridized carbons (Fsp3) is 0.562. The van der Waals surface area contributed by atoms with Gasteiger partial charge in [-0.15, -0.1) is 0 Å². The van der Waals surface area contributed by atoms with Gasteiger partial charge in [0.2, 0.25) is 0 Å². The zero-order valence-electron chi connectivity index (χ0n) is 12.6. The van der Waals surface area contributed by atoms with Crippen molar-refractivity contribution in [1.29, 1.82) is 0 Å². The van der Waals surface area contributed by atoms with Crippen molar-refractivity contribution in [3.63, 3.8) is 0 Å². The van der Waals surface area contributed by atoms with Crippen molar-refractivity contribution in [3.8, 4) is 0 Å². The molecule has 0 spiro atoms. The molecule has 1 unspecified atom stereocenters. The van der Waals surface area contributed by atoms with Crippen molar-refractivity contribution in [1.82, 2.24) is 4.90 Å². The second kappa shape index (κ2) is 6.75. The molecule has 1 aliphatic rings. The van der Waals surface area contributed by atoms with E-state index in [-0.39, 0.29) is 12.0 Å². The van der Waals surface area contributed by atoms with Crippen LogP contribution in [0.4, 0.5) is 5.69 Å². The largest absolute Gasteiger partial charge is 0.385 e. The lowest BCUT2D eigenvalue weighted by Crippen LogP contribution is -2.34. The van der Waals surface area contributed by atoms with E-state index in [9.17, 15) is 4.79 Å². The van der Waals surface area contributed by atoms with E-state index in [2.05, 4.69) is 5.32 Å². The molecular weight excluding hydrogens is 252 g/mol. The van der Waals surface area contributed by atoms with Crippen molar-refractivity contribution in [3.05, 3.63) is 29.3 Å². The van der Waals surface area contributed by atoms with Crippen LogP contribution in [0.3, 0.4) is 0 Å². The Bertz CT molecular complexity index is 468. The first-order chi connectivity index (χ1) is 9.61. The Balaban J connectivity index is 2.10. The number of hydrogen-bond donors (Lipinski definition) is 1. The molecule has 2 rings (SSSR count). The van der Waals surface area contributed by atoms with E-state index in [0.717, 1.165) is 42.8 Å². The van der Waals surface area contributed by atoms with E-state index >= 15 is 0 Å². The van der Waals surface area contributed by atoms with E-state index in [0.29, 0.717) is 6.54 Å². The van der Waals surface area contributed by atoms with Gasteiger partial charge in [-0.2, -0.15) is 0 Å².